The van der Waals surface area contributed by atoms with Crippen LogP contribution >= 0.6 is 0 Å². The van der Waals surface area contributed by atoms with E-state index in [0.717, 1.165) is 19.4 Å². The molecular weight excluding hydrogens is 232 g/mol. The molecule has 5 nitrogen and oxygen atoms in total. The predicted molar refractivity (Wildman–Crippen MR) is 67.4 cm³/mol. The Balaban J connectivity index is 2.07. The lowest BCUT2D eigenvalue weighted by Gasteiger charge is -2.13. The number of rotatable bonds is 4. The third-order valence-electron chi connectivity index (χ3n) is 2.99. The Hall–Kier alpha value is -1.88. The van der Waals surface area contributed by atoms with Gasteiger partial charge >= 0.3 is 5.97 Å². The summed E-state index contributed by atoms with van der Waals surface area (Å²) in [5, 5.41) is 14.7. The second kappa shape index (κ2) is 5.64. The first kappa shape index (κ1) is 12.6. The van der Waals surface area contributed by atoms with Crippen LogP contribution in [0.4, 0.5) is 5.69 Å². The predicted octanol–water partition coefficient (Wildman–Crippen LogP) is 1.00. The van der Waals surface area contributed by atoms with Gasteiger partial charge in [-0.1, -0.05) is 18.2 Å². The number of carboxylic acids is 1. The van der Waals surface area contributed by atoms with E-state index in [-0.39, 0.29) is 18.4 Å². The normalized spacial score (nSPS) is 18.6. The molecule has 1 saturated heterocycles. The summed E-state index contributed by atoms with van der Waals surface area (Å²) in [6.07, 6.45) is 1.73. The summed E-state index contributed by atoms with van der Waals surface area (Å²) >= 11 is 0. The van der Waals surface area contributed by atoms with E-state index in [0.29, 0.717) is 11.3 Å². The Morgan fingerprint density at radius 2 is 2.17 bits per heavy atom. The standard InChI is InChI=1S/C13H16N2O3/c16-12(17)8-9-4-1-2-5-10(9)15-13(18)11-6-3-7-14-11/h1-2,4-5,11,14H,3,6-8H2,(H,15,18)(H,16,17)/t11-/m1/s1. The van der Waals surface area contributed by atoms with Crippen LogP contribution in [0.5, 0.6) is 0 Å². The zero-order chi connectivity index (χ0) is 13.0. The zero-order valence-electron chi connectivity index (χ0n) is 9.98. The van der Waals surface area contributed by atoms with Crippen LogP contribution in [0.3, 0.4) is 0 Å². The fraction of sp³-hybridized carbons (Fsp3) is 0.385. The van der Waals surface area contributed by atoms with E-state index in [9.17, 15) is 9.59 Å². The SMILES string of the molecule is O=C(O)Cc1ccccc1NC(=O)[C@H]1CCCN1. The van der Waals surface area contributed by atoms with Crippen LogP contribution in [0.2, 0.25) is 0 Å². The maximum atomic E-state index is 11.9. The number of hydrogen-bond donors (Lipinski definition) is 3. The Morgan fingerprint density at radius 3 is 2.83 bits per heavy atom. The van der Waals surface area contributed by atoms with Crippen LogP contribution in [0.25, 0.3) is 0 Å². The maximum Gasteiger partial charge on any atom is 0.307 e. The van der Waals surface area contributed by atoms with E-state index in [1.807, 2.05) is 0 Å². The topological polar surface area (TPSA) is 78.4 Å². The number of carboxylic acid groups (broad SMARTS) is 1. The molecule has 1 amide bonds. The molecule has 5 heteroatoms. The van der Waals surface area contributed by atoms with Crippen molar-refractivity contribution in [3.8, 4) is 0 Å². The van der Waals surface area contributed by atoms with Gasteiger partial charge in [-0.25, -0.2) is 0 Å². The van der Waals surface area contributed by atoms with E-state index in [1.54, 1.807) is 24.3 Å². The van der Waals surface area contributed by atoms with E-state index < -0.39 is 5.97 Å². The monoisotopic (exact) mass is 248 g/mol. The quantitative estimate of drug-likeness (QED) is 0.743. The summed E-state index contributed by atoms with van der Waals surface area (Å²) in [6.45, 7) is 0.856. The average Bonchev–Trinajstić information content (AvgIpc) is 2.84. The number of nitrogens with one attached hydrogen (secondary N) is 2. The molecule has 1 fully saturated rings. The molecule has 0 radical (unpaired) electrons. The second-order valence-electron chi connectivity index (χ2n) is 4.37. The van der Waals surface area contributed by atoms with Gasteiger partial charge in [0.15, 0.2) is 0 Å². The third kappa shape index (κ3) is 3.07. The molecule has 0 bridgehead atoms. The number of aliphatic carboxylic acids is 1. The first-order valence-corrected chi connectivity index (χ1v) is 6.01. The van der Waals surface area contributed by atoms with Gasteiger partial charge in [0.2, 0.25) is 5.91 Å². The van der Waals surface area contributed by atoms with Crippen molar-refractivity contribution in [2.75, 3.05) is 11.9 Å². The summed E-state index contributed by atoms with van der Waals surface area (Å²) in [5.41, 5.74) is 1.20. The summed E-state index contributed by atoms with van der Waals surface area (Å²) in [4.78, 5) is 22.7. The van der Waals surface area contributed by atoms with Crippen LogP contribution in [0, 0.1) is 0 Å². The smallest absolute Gasteiger partial charge is 0.307 e. The summed E-state index contributed by atoms with van der Waals surface area (Å²) in [7, 11) is 0. The fourth-order valence-corrected chi connectivity index (χ4v) is 2.09. The van der Waals surface area contributed by atoms with Crippen molar-refractivity contribution in [2.45, 2.75) is 25.3 Å². The lowest BCUT2D eigenvalue weighted by molar-refractivity contribution is -0.136. The largest absolute Gasteiger partial charge is 0.481 e. The van der Waals surface area contributed by atoms with Gasteiger partial charge in [-0.2, -0.15) is 0 Å². The maximum absolute atomic E-state index is 11.9. The average molecular weight is 248 g/mol. The molecular formula is C13H16N2O3. The van der Waals surface area contributed by atoms with Gasteiger partial charge in [-0.3, -0.25) is 9.59 Å². The Kier molecular flexibility index (Phi) is 3.94. The highest BCUT2D eigenvalue weighted by Crippen LogP contribution is 2.17. The minimum Gasteiger partial charge on any atom is -0.481 e. The van der Waals surface area contributed by atoms with Gasteiger partial charge in [0.25, 0.3) is 0 Å². The van der Waals surface area contributed by atoms with Gasteiger partial charge < -0.3 is 15.7 Å². The van der Waals surface area contributed by atoms with Gasteiger partial charge in [0.05, 0.1) is 12.5 Å². The molecule has 96 valence electrons. The molecule has 0 unspecified atom stereocenters. The zero-order valence-corrected chi connectivity index (χ0v) is 9.98. The van der Waals surface area contributed by atoms with Crippen LogP contribution in [0.1, 0.15) is 18.4 Å². The second-order valence-corrected chi connectivity index (χ2v) is 4.37. The Labute approximate surface area is 105 Å². The number of benzene rings is 1. The van der Waals surface area contributed by atoms with E-state index in [1.165, 1.54) is 0 Å². The molecule has 1 aromatic carbocycles. The van der Waals surface area contributed by atoms with E-state index in [4.69, 9.17) is 5.11 Å². The van der Waals surface area contributed by atoms with Crippen molar-refractivity contribution < 1.29 is 14.7 Å². The van der Waals surface area contributed by atoms with Crippen molar-refractivity contribution in [2.24, 2.45) is 0 Å². The number of anilines is 1. The van der Waals surface area contributed by atoms with E-state index >= 15 is 0 Å². The van der Waals surface area contributed by atoms with Gasteiger partial charge in [0, 0.05) is 5.69 Å². The van der Waals surface area contributed by atoms with Crippen molar-refractivity contribution >= 4 is 17.6 Å². The van der Waals surface area contributed by atoms with Crippen molar-refractivity contribution in [3.05, 3.63) is 29.8 Å². The van der Waals surface area contributed by atoms with Gasteiger partial charge in [-0.15, -0.1) is 0 Å². The molecule has 18 heavy (non-hydrogen) atoms. The highest BCUT2D eigenvalue weighted by molar-refractivity contribution is 5.96. The van der Waals surface area contributed by atoms with Gasteiger partial charge in [-0.05, 0) is 31.0 Å². The number of carbonyl (C=O) groups is 2. The minimum absolute atomic E-state index is 0.0887. The molecule has 0 aliphatic carbocycles. The lowest BCUT2D eigenvalue weighted by atomic mass is 10.1. The molecule has 1 aliphatic rings. The number of hydrogen-bond acceptors (Lipinski definition) is 3. The minimum atomic E-state index is -0.907. The molecule has 1 atom stereocenters. The van der Waals surface area contributed by atoms with Crippen LogP contribution in [-0.2, 0) is 16.0 Å². The highest BCUT2D eigenvalue weighted by Gasteiger charge is 2.22. The molecule has 2 rings (SSSR count). The van der Waals surface area contributed by atoms with Crippen LogP contribution in [-0.4, -0.2) is 29.6 Å². The van der Waals surface area contributed by atoms with Crippen molar-refractivity contribution in [1.29, 1.82) is 0 Å². The van der Waals surface area contributed by atoms with Crippen LogP contribution in [0.15, 0.2) is 24.3 Å². The first-order valence-electron chi connectivity index (χ1n) is 6.01. The number of carbonyl (C=O) groups excluding carboxylic acids is 1. The van der Waals surface area contributed by atoms with Gasteiger partial charge in [0.1, 0.15) is 0 Å². The molecule has 1 aliphatic heterocycles. The highest BCUT2D eigenvalue weighted by atomic mass is 16.4. The molecule has 3 N–H and O–H groups in total. The third-order valence-corrected chi connectivity index (χ3v) is 2.99. The van der Waals surface area contributed by atoms with Crippen LogP contribution < -0.4 is 10.6 Å². The molecule has 1 aromatic rings. The number of amides is 1. The summed E-state index contributed by atoms with van der Waals surface area (Å²) in [6, 6.07) is 6.82. The van der Waals surface area contributed by atoms with Crippen molar-refractivity contribution in [3.63, 3.8) is 0 Å². The fourth-order valence-electron chi connectivity index (χ4n) is 2.09. The Bertz CT molecular complexity index is 453. The Morgan fingerprint density at radius 1 is 1.39 bits per heavy atom. The van der Waals surface area contributed by atoms with Crippen molar-refractivity contribution in [1.82, 2.24) is 5.32 Å². The lowest BCUT2D eigenvalue weighted by Crippen LogP contribution is -2.35. The first-order chi connectivity index (χ1) is 8.66. The summed E-state index contributed by atoms with van der Waals surface area (Å²) in [5.74, 6) is -0.999. The molecule has 0 spiro atoms. The van der Waals surface area contributed by atoms with E-state index in [2.05, 4.69) is 10.6 Å². The molecule has 1 heterocycles. The molecule has 0 aromatic heterocycles. The summed E-state index contributed by atoms with van der Waals surface area (Å²) < 4.78 is 0. The number of para-hydroxylation sites is 1. The molecule has 0 saturated carbocycles.